The monoisotopic (exact) mass is 263 g/mol. The number of benzene rings is 2. The summed E-state index contributed by atoms with van der Waals surface area (Å²) in [5, 5.41) is 3.03. The zero-order chi connectivity index (χ0) is 13.8. The number of nitrogens with one attached hydrogen (secondary N) is 1. The summed E-state index contributed by atoms with van der Waals surface area (Å²) in [6, 6.07) is 8.90. The Morgan fingerprint density at radius 3 is 2.47 bits per heavy atom. The van der Waals surface area contributed by atoms with Crippen molar-refractivity contribution in [2.75, 3.05) is 7.05 Å². The third-order valence-corrected chi connectivity index (χ3v) is 2.70. The predicted molar refractivity (Wildman–Crippen MR) is 70.4 cm³/mol. The Hall–Kier alpha value is -1.94. The highest BCUT2D eigenvalue weighted by Gasteiger charge is 2.09. The van der Waals surface area contributed by atoms with Gasteiger partial charge in [0.15, 0.2) is 11.6 Å². The normalized spacial score (nSPS) is 10.5. The van der Waals surface area contributed by atoms with Crippen LogP contribution in [0.15, 0.2) is 36.4 Å². The standard InChI is InChI=1S/C15H15F2NO/c1-10-3-5-14(11(7-10)9-18-2)19-15-6-4-12(16)8-13(15)17/h3-8,18H,9H2,1-2H3. The van der Waals surface area contributed by atoms with Crippen molar-refractivity contribution in [2.24, 2.45) is 0 Å². The maximum atomic E-state index is 13.6. The lowest BCUT2D eigenvalue weighted by molar-refractivity contribution is 0.432. The fraction of sp³-hybridized carbons (Fsp3) is 0.200. The molecular weight excluding hydrogens is 248 g/mol. The van der Waals surface area contributed by atoms with E-state index in [1.807, 2.05) is 26.1 Å². The Morgan fingerprint density at radius 1 is 1.05 bits per heavy atom. The van der Waals surface area contributed by atoms with Gasteiger partial charge in [-0.15, -0.1) is 0 Å². The van der Waals surface area contributed by atoms with Gasteiger partial charge in [0.2, 0.25) is 0 Å². The van der Waals surface area contributed by atoms with Crippen LogP contribution in [-0.4, -0.2) is 7.05 Å². The Labute approximate surface area is 111 Å². The molecule has 0 amide bonds. The van der Waals surface area contributed by atoms with E-state index in [1.54, 1.807) is 6.07 Å². The van der Waals surface area contributed by atoms with Gasteiger partial charge in [0.05, 0.1) is 0 Å². The Kier molecular flexibility index (Phi) is 4.12. The largest absolute Gasteiger partial charge is 0.454 e. The van der Waals surface area contributed by atoms with Gasteiger partial charge in [-0.2, -0.15) is 0 Å². The lowest BCUT2D eigenvalue weighted by Gasteiger charge is -2.12. The molecule has 0 aromatic heterocycles. The molecule has 0 spiro atoms. The number of rotatable bonds is 4. The molecule has 2 aromatic rings. The summed E-state index contributed by atoms with van der Waals surface area (Å²) in [6.07, 6.45) is 0. The van der Waals surface area contributed by atoms with Crippen LogP contribution in [0.4, 0.5) is 8.78 Å². The quantitative estimate of drug-likeness (QED) is 0.906. The van der Waals surface area contributed by atoms with E-state index in [4.69, 9.17) is 4.74 Å². The van der Waals surface area contributed by atoms with Gasteiger partial charge < -0.3 is 10.1 Å². The van der Waals surface area contributed by atoms with Crippen LogP contribution in [0.2, 0.25) is 0 Å². The smallest absolute Gasteiger partial charge is 0.168 e. The fourth-order valence-electron chi connectivity index (χ4n) is 1.81. The molecule has 0 aliphatic heterocycles. The zero-order valence-corrected chi connectivity index (χ0v) is 10.8. The molecule has 0 radical (unpaired) electrons. The summed E-state index contributed by atoms with van der Waals surface area (Å²) in [7, 11) is 1.82. The van der Waals surface area contributed by atoms with Crippen LogP contribution in [-0.2, 0) is 6.54 Å². The van der Waals surface area contributed by atoms with E-state index in [9.17, 15) is 8.78 Å². The molecule has 2 rings (SSSR count). The minimum Gasteiger partial charge on any atom is -0.454 e. The van der Waals surface area contributed by atoms with Crippen LogP contribution < -0.4 is 10.1 Å². The zero-order valence-electron chi connectivity index (χ0n) is 10.8. The molecule has 0 saturated heterocycles. The van der Waals surface area contributed by atoms with E-state index in [2.05, 4.69) is 5.32 Å². The first kappa shape index (κ1) is 13.5. The van der Waals surface area contributed by atoms with Gasteiger partial charge in [-0.25, -0.2) is 8.78 Å². The molecule has 1 N–H and O–H groups in total. The van der Waals surface area contributed by atoms with E-state index < -0.39 is 11.6 Å². The number of hydrogen-bond acceptors (Lipinski definition) is 2. The molecule has 0 heterocycles. The van der Waals surface area contributed by atoms with Crippen molar-refractivity contribution in [2.45, 2.75) is 13.5 Å². The average Bonchev–Trinajstić information content (AvgIpc) is 2.36. The summed E-state index contributed by atoms with van der Waals surface area (Å²) < 4.78 is 31.9. The molecule has 0 fully saturated rings. The summed E-state index contributed by atoms with van der Waals surface area (Å²) in [6.45, 7) is 2.58. The summed E-state index contributed by atoms with van der Waals surface area (Å²) in [4.78, 5) is 0. The Balaban J connectivity index is 2.32. The van der Waals surface area contributed by atoms with Crippen molar-refractivity contribution in [3.8, 4) is 11.5 Å². The molecule has 19 heavy (non-hydrogen) atoms. The Morgan fingerprint density at radius 2 is 1.79 bits per heavy atom. The maximum absolute atomic E-state index is 13.6. The fourth-order valence-corrected chi connectivity index (χ4v) is 1.81. The summed E-state index contributed by atoms with van der Waals surface area (Å²) >= 11 is 0. The molecule has 2 aromatic carbocycles. The van der Waals surface area contributed by atoms with Gasteiger partial charge in [-0.1, -0.05) is 17.7 Å². The summed E-state index contributed by atoms with van der Waals surface area (Å²) in [5.41, 5.74) is 2.02. The average molecular weight is 263 g/mol. The van der Waals surface area contributed by atoms with Crippen molar-refractivity contribution >= 4 is 0 Å². The van der Waals surface area contributed by atoms with Crippen molar-refractivity contribution in [1.29, 1.82) is 0 Å². The minimum atomic E-state index is -0.712. The highest BCUT2D eigenvalue weighted by atomic mass is 19.1. The van der Waals surface area contributed by atoms with Gasteiger partial charge in [0, 0.05) is 18.2 Å². The predicted octanol–water partition coefficient (Wildman–Crippen LogP) is 3.78. The van der Waals surface area contributed by atoms with Gasteiger partial charge in [-0.05, 0) is 32.2 Å². The first-order valence-electron chi connectivity index (χ1n) is 5.97. The van der Waals surface area contributed by atoms with Crippen molar-refractivity contribution < 1.29 is 13.5 Å². The van der Waals surface area contributed by atoms with E-state index in [1.165, 1.54) is 12.1 Å². The second-order valence-electron chi connectivity index (χ2n) is 4.32. The van der Waals surface area contributed by atoms with Crippen molar-refractivity contribution in [3.05, 3.63) is 59.2 Å². The SMILES string of the molecule is CNCc1cc(C)ccc1Oc1ccc(F)cc1F. The molecule has 0 unspecified atom stereocenters. The lowest BCUT2D eigenvalue weighted by Crippen LogP contribution is -2.06. The molecule has 0 saturated carbocycles. The molecule has 0 atom stereocenters. The first-order valence-corrected chi connectivity index (χ1v) is 5.97. The van der Waals surface area contributed by atoms with Crippen LogP contribution in [0, 0.1) is 18.6 Å². The molecular formula is C15H15F2NO. The number of hydrogen-bond donors (Lipinski definition) is 1. The molecule has 4 heteroatoms. The third-order valence-electron chi connectivity index (χ3n) is 2.70. The Bertz CT molecular complexity index is 584. The van der Waals surface area contributed by atoms with Gasteiger partial charge in [0.25, 0.3) is 0 Å². The van der Waals surface area contributed by atoms with E-state index in [0.717, 1.165) is 17.2 Å². The molecule has 0 bridgehead atoms. The van der Waals surface area contributed by atoms with Gasteiger partial charge in [-0.3, -0.25) is 0 Å². The second kappa shape index (κ2) is 5.80. The molecule has 2 nitrogen and oxygen atoms in total. The third kappa shape index (κ3) is 3.29. The second-order valence-corrected chi connectivity index (χ2v) is 4.32. The summed E-state index contributed by atoms with van der Waals surface area (Å²) in [5.74, 6) is -0.756. The van der Waals surface area contributed by atoms with E-state index >= 15 is 0 Å². The van der Waals surface area contributed by atoms with Crippen LogP contribution in [0.1, 0.15) is 11.1 Å². The maximum Gasteiger partial charge on any atom is 0.168 e. The van der Waals surface area contributed by atoms with Gasteiger partial charge in [0.1, 0.15) is 11.6 Å². The highest BCUT2D eigenvalue weighted by molar-refractivity contribution is 5.40. The van der Waals surface area contributed by atoms with Gasteiger partial charge >= 0.3 is 0 Å². The number of aryl methyl sites for hydroxylation is 1. The number of halogens is 2. The van der Waals surface area contributed by atoms with E-state index in [-0.39, 0.29) is 5.75 Å². The molecule has 0 aliphatic carbocycles. The highest BCUT2D eigenvalue weighted by Crippen LogP contribution is 2.28. The van der Waals surface area contributed by atoms with Crippen LogP contribution >= 0.6 is 0 Å². The van der Waals surface area contributed by atoms with Crippen LogP contribution in [0.3, 0.4) is 0 Å². The van der Waals surface area contributed by atoms with Crippen LogP contribution in [0.5, 0.6) is 11.5 Å². The molecule has 100 valence electrons. The topological polar surface area (TPSA) is 21.3 Å². The molecule has 0 aliphatic rings. The van der Waals surface area contributed by atoms with Crippen molar-refractivity contribution in [3.63, 3.8) is 0 Å². The van der Waals surface area contributed by atoms with Crippen LogP contribution in [0.25, 0.3) is 0 Å². The van der Waals surface area contributed by atoms with Crippen molar-refractivity contribution in [1.82, 2.24) is 5.32 Å². The minimum absolute atomic E-state index is 0.0163. The lowest BCUT2D eigenvalue weighted by atomic mass is 10.1. The van der Waals surface area contributed by atoms with E-state index in [0.29, 0.717) is 12.3 Å². The first-order chi connectivity index (χ1) is 9.10. The number of ether oxygens (including phenoxy) is 1.